The van der Waals surface area contributed by atoms with Crippen molar-refractivity contribution in [2.45, 2.75) is 13.3 Å². The van der Waals surface area contributed by atoms with E-state index in [1.54, 1.807) is 37.4 Å². The molecular weight excluding hydrogens is 344 g/mol. The zero-order chi connectivity index (χ0) is 18.0. The van der Waals surface area contributed by atoms with Crippen molar-refractivity contribution in [1.82, 2.24) is 4.98 Å². The number of esters is 1. The second-order valence-corrected chi connectivity index (χ2v) is 7.85. The average molecular weight is 362 g/mol. The molecular formula is C17H18N2O5S. The standard InChI is InChI=1S/C17H18N2O5S/c1-2-25(22,23)19-8-6-12-9-13(3-4-15(12)19)16(20)11-24-17(21)14-5-7-18-10-14/h3-5,7,9-10,18H,2,6,8,11H2,1H3. The number of carbonyl (C=O) groups is 2. The first-order valence-electron chi connectivity index (χ1n) is 7.89. The van der Waals surface area contributed by atoms with Gasteiger partial charge in [-0.2, -0.15) is 0 Å². The second-order valence-electron chi connectivity index (χ2n) is 5.67. The summed E-state index contributed by atoms with van der Waals surface area (Å²) in [6.07, 6.45) is 3.64. The third-order valence-corrected chi connectivity index (χ3v) is 5.90. The molecule has 2 aromatic rings. The Hall–Kier alpha value is -2.61. The zero-order valence-corrected chi connectivity index (χ0v) is 14.5. The van der Waals surface area contributed by atoms with Crippen LogP contribution in [0.15, 0.2) is 36.7 Å². The number of aromatic nitrogens is 1. The number of sulfonamides is 1. The van der Waals surface area contributed by atoms with E-state index in [1.807, 2.05) is 0 Å². The number of Topliss-reactive ketones (excluding diaryl/α,β-unsaturated/α-hetero) is 1. The van der Waals surface area contributed by atoms with E-state index in [4.69, 9.17) is 4.74 Å². The molecule has 1 aromatic carbocycles. The summed E-state index contributed by atoms with van der Waals surface area (Å²) in [5, 5.41) is 0. The summed E-state index contributed by atoms with van der Waals surface area (Å²) in [7, 11) is -3.31. The summed E-state index contributed by atoms with van der Waals surface area (Å²) in [4.78, 5) is 26.7. The molecule has 7 nitrogen and oxygen atoms in total. The van der Waals surface area contributed by atoms with Gasteiger partial charge in [0.15, 0.2) is 12.4 Å². The first kappa shape index (κ1) is 17.2. The number of nitrogens with one attached hydrogen (secondary N) is 1. The van der Waals surface area contributed by atoms with E-state index in [1.165, 1.54) is 10.5 Å². The zero-order valence-electron chi connectivity index (χ0n) is 13.7. The van der Waals surface area contributed by atoms with Crippen LogP contribution in [0.25, 0.3) is 0 Å². The van der Waals surface area contributed by atoms with Crippen LogP contribution in [0.5, 0.6) is 0 Å². The SMILES string of the molecule is CCS(=O)(=O)N1CCc2cc(C(=O)COC(=O)c3cc[nH]c3)ccc21. The van der Waals surface area contributed by atoms with Crippen LogP contribution >= 0.6 is 0 Å². The highest BCUT2D eigenvalue weighted by molar-refractivity contribution is 7.92. The molecule has 1 aliphatic rings. The third kappa shape index (κ3) is 3.43. The summed E-state index contributed by atoms with van der Waals surface area (Å²) < 4.78 is 30.5. The molecule has 0 atom stereocenters. The fourth-order valence-corrected chi connectivity index (χ4v) is 3.90. The highest BCUT2D eigenvalue weighted by Crippen LogP contribution is 2.31. The molecule has 25 heavy (non-hydrogen) atoms. The molecule has 132 valence electrons. The lowest BCUT2D eigenvalue weighted by Crippen LogP contribution is -2.30. The molecule has 0 saturated carbocycles. The van der Waals surface area contributed by atoms with Gasteiger partial charge in [-0.05, 0) is 43.2 Å². The van der Waals surface area contributed by atoms with Crippen molar-refractivity contribution in [3.63, 3.8) is 0 Å². The van der Waals surface area contributed by atoms with Gasteiger partial charge in [-0.3, -0.25) is 9.10 Å². The number of ketones is 1. The van der Waals surface area contributed by atoms with E-state index in [9.17, 15) is 18.0 Å². The van der Waals surface area contributed by atoms with E-state index in [2.05, 4.69) is 4.98 Å². The van der Waals surface area contributed by atoms with Crippen LogP contribution in [0.4, 0.5) is 5.69 Å². The fourth-order valence-electron chi connectivity index (χ4n) is 2.74. The minimum atomic E-state index is -3.31. The van der Waals surface area contributed by atoms with Crippen LogP contribution in [0.2, 0.25) is 0 Å². The maximum Gasteiger partial charge on any atom is 0.340 e. The van der Waals surface area contributed by atoms with Gasteiger partial charge in [0.25, 0.3) is 0 Å². The monoisotopic (exact) mass is 362 g/mol. The lowest BCUT2D eigenvalue weighted by Gasteiger charge is -2.18. The molecule has 0 radical (unpaired) electrons. The predicted octanol–water partition coefficient (Wildman–Crippen LogP) is 1.77. The minimum absolute atomic E-state index is 0.0300. The quantitative estimate of drug-likeness (QED) is 0.624. The third-order valence-electron chi connectivity index (χ3n) is 4.12. The van der Waals surface area contributed by atoms with Crippen LogP contribution < -0.4 is 4.31 Å². The van der Waals surface area contributed by atoms with E-state index in [0.29, 0.717) is 29.8 Å². The molecule has 1 N–H and O–H groups in total. The van der Waals surface area contributed by atoms with E-state index in [0.717, 1.165) is 5.56 Å². The molecule has 0 spiro atoms. The number of fused-ring (bicyclic) bond motifs is 1. The fraction of sp³-hybridized carbons (Fsp3) is 0.294. The highest BCUT2D eigenvalue weighted by atomic mass is 32.2. The number of hydrogen-bond acceptors (Lipinski definition) is 5. The van der Waals surface area contributed by atoms with Crippen molar-refractivity contribution in [2.24, 2.45) is 0 Å². The Kier molecular flexibility index (Phi) is 4.63. The number of nitrogens with zero attached hydrogens (tertiary/aromatic N) is 1. The first-order valence-corrected chi connectivity index (χ1v) is 9.49. The molecule has 2 heterocycles. The van der Waals surface area contributed by atoms with Gasteiger partial charge in [-0.25, -0.2) is 13.2 Å². The largest absolute Gasteiger partial charge is 0.454 e. The lowest BCUT2D eigenvalue weighted by molar-refractivity contribution is 0.0475. The van der Waals surface area contributed by atoms with Crippen LogP contribution in [0.1, 0.15) is 33.2 Å². The van der Waals surface area contributed by atoms with Gasteiger partial charge in [-0.15, -0.1) is 0 Å². The Balaban J connectivity index is 1.70. The van der Waals surface area contributed by atoms with Gasteiger partial charge >= 0.3 is 5.97 Å². The molecule has 0 aliphatic carbocycles. The summed E-state index contributed by atoms with van der Waals surface area (Å²) >= 11 is 0. The summed E-state index contributed by atoms with van der Waals surface area (Å²) in [5.74, 6) is -0.873. The lowest BCUT2D eigenvalue weighted by atomic mass is 10.1. The number of anilines is 1. The summed E-state index contributed by atoms with van der Waals surface area (Å²) in [6, 6.07) is 6.43. The Morgan fingerprint density at radius 2 is 2.04 bits per heavy atom. The van der Waals surface area contributed by atoms with Crippen molar-refractivity contribution in [3.05, 3.63) is 53.3 Å². The Bertz CT molecular complexity index is 903. The van der Waals surface area contributed by atoms with Gasteiger partial charge in [0.2, 0.25) is 10.0 Å². The number of H-pyrrole nitrogens is 1. The van der Waals surface area contributed by atoms with Crippen molar-refractivity contribution in [1.29, 1.82) is 0 Å². The van der Waals surface area contributed by atoms with Crippen molar-refractivity contribution >= 4 is 27.5 Å². The Labute approximate surface area is 145 Å². The van der Waals surface area contributed by atoms with Crippen molar-refractivity contribution in [3.8, 4) is 0 Å². The predicted molar refractivity (Wildman–Crippen MR) is 92.4 cm³/mol. The van der Waals surface area contributed by atoms with Gasteiger partial charge in [0.05, 0.1) is 17.0 Å². The molecule has 0 unspecified atom stereocenters. The number of carbonyl (C=O) groups excluding carboxylic acids is 2. The van der Waals surface area contributed by atoms with E-state index in [-0.39, 0.29) is 18.1 Å². The molecule has 0 saturated heterocycles. The molecule has 0 amide bonds. The smallest absolute Gasteiger partial charge is 0.340 e. The van der Waals surface area contributed by atoms with Gasteiger partial charge in [-0.1, -0.05) is 0 Å². The molecule has 0 bridgehead atoms. The maximum atomic E-state index is 12.2. The molecule has 1 aromatic heterocycles. The Morgan fingerprint density at radius 3 is 2.72 bits per heavy atom. The molecule has 3 rings (SSSR count). The van der Waals surface area contributed by atoms with Crippen LogP contribution in [0.3, 0.4) is 0 Å². The van der Waals surface area contributed by atoms with Gasteiger partial charge < -0.3 is 9.72 Å². The van der Waals surface area contributed by atoms with Crippen molar-refractivity contribution in [2.75, 3.05) is 23.2 Å². The second kappa shape index (κ2) is 6.72. The number of rotatable bonds is 6. The van der Waals surface area contributed by atoms with Crippen LogP contribution in [-0.2, 0) is 21.2 Å². The normalized spacial score (nSPS) is 13.6. The van der Waals surface area contributed by atoms with Gasteiger partial charge in [0.1, 0.15) is 0 Å². The average Bonchev–Trinajstić information content (AvgIpc) is 3.28. The maximum absolute atomic E-state index is 12.2. The molecule has 0 fully saturated rings. The first-order chi connectivity index (χ1) is 11.9. The molecule has 1 aliphatic heterocycles. The van der Waals surface area contributed by atoms with Gasteiger partial charge in [0, 0.05) is 24.5 Å². The number of ether oxygens (including phenoxy) is 1. The number of aromatic amines is 1. The van der Waals surface area contributed by atoms with Crippen LogP contribution in [-0.4, -0.2) is 44.1 Å². The topological polar surface area (TPSA) is 96.5 Å². The number of benzene rings is 1. The summed E-state index contributed by atoms with van der Waals surface area (Å²) in [5.41, 5.74) is 2.17. The summed E-state index contributed by atoms with van der Waals surface area (Å²) in [6.45, 7) is 1.62. The van der Waals surface area contributed by atoms with E-state index >= 15 is 0 Å². The number of hydrogen-bond donors (Lipinski definition) is 1. The van der Waals surface area contributed by atoms with E-state index < -0.39 is 16.0 Å². The van der Waals surface area contributed by atoms with Crippen molar-refractivity contribution < 1.29 is 22.7 Å². The Morgan fingerprint density at radius 1 is 1.24 bits per heavy atom. The van der Waals surface area contributed by atoms with Crippen LogP contribution in [0, 0.1) is 0 Å². The minimum Gasteiger partial charge on any atom is -0.454 e. The highest BCUT2D eigenvalue weighted by Gasteiger charge is 2.28. The molecule has 8 heteroatoms.